The zero-order valence-electron chi connectivity index (χ0n) is 12.6. The highest BCUT2D eigenvalue weighted by Crippen LogP contribution is 2.32. The standard InChI is InChI=1S/C15H23N3O2S/c1-17-7-8-18(2)12(10-17)9-16-14-11-21(19,20)15-6-4-3-5-13(14)15/h3-6,12,14,16H,7-11H2,1-2H3. The Balaban J connectivity index is 1.69. The van der Waals surface area contributed by atoms with Crippen LogP contribution in [0, 0.1) is 0 Å². The van der Waals surface area contributed by atoms with Crippen molar-refractivity contribution in [1.29, 1.82) is 0 Å². The molecule has 1 N–H and O–H groups in total. The summed E-state index contributed by atoms with van der Waals surface area (Å²) < 4.78 is 24.3. The van der Waals surface area contributed by atoms with Crippen molar-refractivity contribution < 1.29 is 8.42 Å². The Hall–Kier alpha value is -0.950. The van der Waals surface area contributed by atoms with Crippen LogP contribution in [0.4, 0.5) is 0 Å². The van der Waals surface area contributed by atoms with Gasteiger partial charge in [-0.25, -0.2) is 8.42 Å². The number of sulfone groups is 1. The van der Waals surface area contributed by atoms with Crippen LogP contribution in [0.1, 0.15) is 11.6 Å². The maximum Gasteiger partial charge on any atom is 0.180 e. The average Bonchev–Trinajstić information content (AvgIpc) is 2.72. The molecular formula is C15H23N3O2S. The zero-order valence-corrected chi connectivity index (χ0v) is 13.4. The molecule has 2 aliphatic rings. The Morgan fingerprint density at radius 1 is 1.24 bits per heavy atom. The van der Waals surface area contributed by atoms with E-state index in [4.69, 9.17) is 0 Å². The molecule has 1 aromatic rings. The summed E-state index contributed by atoms with van der Waals surface area (Å²) in [5, 5.41) is 3.47. The predicted octanol–water partition coefficient (Wildman–Crippen LogP) is 0.350. The minimum atomic E-state index is -3.12. The molecule has 2 aliphatic heterocycles. The van der Waals surface area contributed by atoms with Gasteiger partial charge in [-0.1, -0.05) is 18.2 Å². The predicted molar refractivity (Wildman–Crippen MR) is 83.2 cm³/mol. The van der Waals surface area contributed by atoms with E-state index in [2.05, 4.69) is 29.2 Å². The normalized spacial score (nSPS) is 29.4. The largest absolute Gasteiger partial charge is 0.307 e. The number of hydrogen-bond acceptors (Lipinski definition) is 5. The molecule has 1 fully saturated rings. The van der Waals surface area contributed by atoms with Gasteiger partial charge < -0.3 is 10.2 Å². The number of likely N-dealkylation sites (N-methyl/N-ethyl adjacent to an activating group) is 2. The van der Waals surface area contributed by atoms with Crippen molar-refractivity contribution in [2.75, 3.05) is 46.0 Å². The number of benzene rings is 1. The lowest BCUT2D eigenvalue weighted by Crippen LogP contribution is -2.54. The van der Waals surface area contributed by atoms with E-state index in [9.17, 15) is 8.42 Å². The molecule has 21 heavy (non-hydrogen) atoms. The molecule has 6 heteroatoms. The molecule has 0 amide bonds. The summed E-state index contributed by atoms with van der Waals surface area (Å²) in [5.74, 6) is 0.179. The first-order valence-corrected chi connectivity index (χ1v) is 9.06. The first-order valence-electron chi connectivity index (χ1n) is 7.41. The van der Waals surface area contributed by atoms with Crippen LogP contribution in [-0.4, -0.2) is 70.3 Å². The van der Waals surface area contributed by atoms with Gasteiger partial charge in [-0.15, -0.1) is 0 Å². The Morgan fingerprint density at radius 2 is 2.00 bits per heavy atom. The molecule has 0 bridgehead atoms. The van der Waals surface area contributed by atoms with Crippen LogP contribution < -0.4 is 5.32 Å². The van der Waals surface area contributed by atoms with Gasteiger partial charge >= 0.3 is 0 Å². The molecule has 3 rings (SSSR count). The van der Waals surface area contributed by atoms with E-state index < -0.39 is 9.84 Å². The Bertz CT molecular complexity index is 617. The van der Waals surface area contributed by atoms with Gasteiger partial charge in [0.2, 0.25) is 0 Å². The van der Waals surface area contributed by atoms with Gasteiger partial charge in [-0.3, -0.25) is 4.90 Å². The molecule has 1 saturated heterocycles. The van der Waals surface area contributed by atoms with Crippen LogP contribution in [-0.2, 0) is 9.84 Å². The number of fused-ring (bicyclic) bond motifs is 1. The molecular weight excluding hydrogens is 286 g/mol. The van der Waals surface area contributed by atoms with Crippen LogP contribution in [0.15, 0.2) is 29.2 Å². The van der Waals surface area contributed by atoms with Crippen molar-refractivity contribution in [2.45, 2.75) is 17.0 Å². The number of nitrogens with one attached hydrogen (secondary N) is 1. The molecule has 0 spiro atoms. The SMILES string of the molecule is CN1CCN(C)C(CNC2CS(=O)(=O)c3ccccc32)C1. The fraction of sp³-hybridized carbons (Fsp3) is 0.600. The van der Waals surface area contributed by atoms with Crippen LogP contribution in [0.5, 0.6) is 0 Å². The lowest BCUT2D eigenvalue weighted by molar-refractivity contribution is 0.112. The van der Waals surface area contributed by atoms with Crippen molar-refractivity contribution >= 4 is 9.84 Å². The summed E-state index contributed by atoms with van der Waals surface area (Å²) in [5.41, 5.74) is 0.921. The maximum absolute atomic E-state index is 12.2. The Kier molecular flexibility index (Phi) is 4.05. The van der Waals surface area contributed by atoms with Crippen LogP contribution in [0.2, 0.25) is 0 Å². The lowest BCUT2D eigenvalue weighted by Gasteiger charge is -2.38. The smallest absolute Gasteiger partial charge is 0.180 e. The van der Waals surface area contributed by atoms with Crippen LogP contribution in [0.3, 0.4) is 0 Å². The first-order chi connectivity index (χ1) is 9.97. The summed E-state index contributed by atoms with van der Waals surface area (Å²) >= 11 is 0. The van der Waals surface area contributed by atoms with E-state index in [1.165, 1.54) is 0 Å². The van der Waals surface area contributed by atoms with Gasteiger partial charge in [-0.2, -0.15) is 0 Å². The topological polar surface area (TPSA) is 52.6 Å². The van der Waals surface area contributed by atoms with Gasteiger partial charge in [0.1, 0.15) is 0 Å². The first kappa shape index (κ1) is 15.0. The second kappa shape index (κ2) is 5.68. The Labute approximate surface area is 126 Å². The summed E-state index contributed by atoms with van der Waals surface area (Å²) in [6.45, 7) is 3.98. The summed E-state index contributed by atoms with van der Waals surface area (Å²) in [4.78, 5) is 5.17. The molecule has 0 aliphatic carbocycles. The molecule has 2 unspecified atom stereocenters. The minimum absolute atomic E-state index is 0.0770. The minimum Gasteiger partial charge on any atom is -0.307 e. The van der Waals surface area contributed by atoms with E-state index in [-0.39, 0.29) is 11.8 Å². The van der Waals surface area contributed by atoms with Gasteiger partial charge in [0, 0.05) is 38.3 Å². The number of hydrogen-bond donors (Lipinski definition) is 1. The fourth-order valence-corrected chi connectivity index (χ4v) is 4.99. The van der Waals surface area contributed by atoms with Gasteiger partial charge in [0.05, 0.1) is 10.6 Å². The molecule has 2 heterocycles. The van der Waals surface area contributed by atoms with E-state index in [0.717, 1.165) is 31.7 Å². The van der Waals surface area contributed by atoms with Gasteiger partial charge in [0.25, 0.3) is 0 Å². The highest BCUT2D eigenvalue weighted by atomic mass is 32.2. The van der Waals surface area contributed by atoms with Crippen molar-refractivity contribution in [3.63, 3.8) is 0 Å². The van der Waals surface area contributed by atoms with Crippen molar-refractivity contribution in [3.05, 3.63) is 29.8 Å². The van der Waals surface area contributed by atoms with Crippen LogP contribution in [0.25, 0.3) is 0 Å². The maximum atomic E-state index is 12.2. The number of piperazine rings is 1. The monoisotopic (exact) mass is 309 g/mol. The molecule has 0 radical (unpaired) electrons. The van der Waals surface area contributed by atoms with E-state index >= 15 is 0 Å². The van der Waals surface area contributed by atoms with Crippen LogP contribution >= 0.6 is 0 Å². The molecule has 2 atom stereocenters. The van der Waals surface area contributed by atoms with E-state index in [1.54, 1.807) is 12.1 Å². The zero-order chi connectivity index (χ0) is 15.0. The molecule has 116 valence electrons. The summed E-state index contributed by atoms with van der Waals surface area (Å²) in [7, 11) is 1.15. The Morgan fingerprint density at radius 3 is 2.81 bits per heavy atom. The molecule has 5 nitrogen and oxygen atoms in total. The third-order valence-electron chi connectivity index (χ3n) is 4.60. The third kappa shape index (κ3) is 2.99. The van der Waals surface area contributed by atoms with E-state index in [1.807, 2.05) is 12.1 Å². The molecule has 0 aromatic heterocycles. The average molecular weight is 309 g/mol. The number of rotatable bonds is 3. The highest BCUT2D eigenvalue weighted by Gasteiger charge is 2.34. The second-order valence-electron chi connectivity index (χ2n) is 6.18. The summed E-state index contributed by atoms with van der Waals surface area (Å²) in [6.07, 6.45) is 0. The quantitative estimate of drug-likeness (QED) is 0.873. The fourth-order valence-electron chi connectivity index (χ4n) is 3.22. The molecule has 1 aromatic carbocycles. The second-order valence-corrected chi connectivity index (χ2v) is 8.18. The highest BCUT2D eigenvalue weighted by molar-refractivity contribution is 7.91. The van der Waals surface area contributed by atoms with Crippen molar-refractivity contribution in [1.82, 2.24) is 15.1 Å². The summed E-state index contributed by atoms with van der Waals surface area (Å²) in [6, 6.07) is 7.70. The lowest BCUT2D eigenvalue weighted by atomic mass is 10.1. The van der Waals surface area contributed by atoms with Gasteiger partial charge in [-0.05, 0) is 25.7 Å². The third-order valence-corrected chi connectivity index (χ3v) is 6.41. The van der Waals surface area contributed by atoms with Gasteiger partial charge in [0.15, 0.2) is 9.84 Å². The van der Waals surface area contributed by atoms with Crippen molar-refractivity contribution in [2.24, 2.45) is 0 Å². The van der Waals surface area contributed by atoms with Crippen molar-refractivity contribution in [3.8, 4) is 0 Å². The number of nitrogens with zero attached hydrogens (tertiary/aromatic N) is 2. The van der Waals surface area contributed by atoms with E-state index in [0.29, 0.717) is 10.9 Å². The molecule has 0 saturated carbocycles.